The second-order valence-corrected chi connectivity index (χ2v) is 4.06. The summed E-state index contributed by atoms with van der Waals surface area (Å²) >= 11 is 11.1. The van der Waals surface area contributed by atoms with Crippen molar-refractivity contribution in [3.63, 3.8) is 0 Å². The number of ether oxygens (including phenoxy) is 1. The molecule has 1 aromatic carbocycles. The van der Waals surface area contributed by atoms with Crippen molar-refractivity contribution >= 4 is 23.2 Å². The molecule has 0 saturated heterocycles. The number of hydrogen-bond donors (Lipinski definition) is 0. The van der Waals surface area contributed by atoms with E-state index >= 15 is 0 Å². The van der Waals surface area contributed by atoms with E-state index in [0.717, 1.165) is 0 Å². The Hall–Kier alpha value is -0.610. The molecule has 0 aliphatic rings. The van der Waals surface area contributed by atoms with Gasteiger partial charge in [0, 0.05) is 11.8 Å². The van der Waals surface area contributed by atoms with Crippen LogP contribution < -0.4 is 4.74 Å². The SMILES string of the molecule is FC(F)(F)Oc1cc(CCl)ccc1CCCCl. The summed E-state index contributed by atoms with van der Waals surface area (Å²) in [4.78, 5) is 0. The Morgan fingerprint density at radius 2 is 1.88 bits per heavy atom. The van der Waals surface area contributed by atoms with Crippen molar-refractivity contribution in [3.8, 4) is 5.75 Å². The smallest absolute Gasteiger partial charge is 0.405 e. The highest BCUT2D eigenvalue weighted by Gasteiger charge is 2.32. The van der Waals surface area contributed by atoms with E-state index in [1.807, 2.05) is 0 Å². The molecule has 0 atom stereocenters. The van der Waals surface area contributed by atoms with Gasteiger partial charge in [0.1, 0.15) is 5.75 Å². The van der Waals surface area contributed by atoms with Crippen LogP contribution in [0.15, 0.2) is 18.2 Å². The van der Waals surface area contributed by atoms with Crippen LogP contribution in [0.4, 0.5) is 13.2 Å². The zero-order chi connectivity index (χ0) is 12.9. The average molecular weight is 287 g/mol. The van der Waals surface area contributed by atoms with E-state index in [0.29, 0.717) is 29.8 Å². The molecule has 6 heteroatoms. The Bertz CT molecular complexity index is 366. The third-order valence-electron chi connectivity index (χ3n) is 2.09. The minimum Gasteiger partial charge on any atom is -0.405 e. The molecule has 0 aromatic heterocycles. The topological polar surface area (TPSA) is 9.23 Å². The number of halogens is 5. The molecule has 0 aliphatic heterocycles. The van der Waals surface area contributed by atoms with E-state index < -0.39 is 6.36 Å². The van der Waals surface area contributed by atoms with Crippen molar-refractivity contribution in [2.24, 2.45) is 0 Å². The van der Waals surface area contributed by atoms with Crippen LogP contribution in [-0.4, -0.2) is 12.2 Å². The highest BCUT2D eigenvalue weighted by molar-refractivity contribution is 6.17. The Morgan fingerprint density at radius 3 is 2.41 bits per heavy atom. The Kier molecular flexibility index (Phi) is 5.40. The summed E-state index contributed by atoms with van der Waals surface area (Å²) < 4.78 is 40.6. The summed E-state index contributed by atoms with van der Waals surface area (Å²) in [5, 5.41) is 0. The molecular formula is C11H11Cl2F3O. The van der Waals surface area contributed by atoms with E-state index in [4.69, 9.17) is 23.2 Å². The van der Waals surface area contributed by atoms with Gasteiger partial charge in [0.05, 0.1) is 0 Å². The third-order valence-corrected chi connectivity index (χ3v) is 2.67. The zero-order valence-electron chi connectivity index (χ0n) is 8.86. The van der Waals surface area contributed by atoms with Crippen LogP contribution >= 0.6 is 23.2 Å². The fourth-order valence-electron chi connectivity index (χ4n) is 1.37. The van der Waals surface area contributed by atoms with Crippen molar-refractivity contribution in [1.29, 1.82) is 0 Å². The van der Waals surface area contributed by atoms with Crippen molar-refractivity contribution < 1.29 is 17.9 Å². The molecule has 0 spiro atoms. The summed E-state index contributed by atoms with van der Waals surface area (Å²) in [6.45, 7) is 0. The second kappa shape index (κ2) is 6.36. The number of alkyl halides is 5. The molecule has 17 heavy (non-hydrogen) atoms. The fourth-order valence-corrected chi connectivity index (χ4v) is 1.67. The third kappa shape index (κ3) is 5.04. The summed E-state index contributed by atoms with van der Waals surface area (Å²) in [6, 6.07) is 4.58. The van der Waals surface area contributed by atoms with Crippen LogP contribution in [0.3, 0.4) is 0 Å². The lowest BCUT2D eigenvalue weighted by molar-refractivity contribution is -0.274. The number of aryl methyl sites for hydroxylation is 1. The van der Waals surface area contributed by atoms with Gasteiger partial charge in [0.2, 0.25) is 0 Å². The molecule has 0 fully saturated rings. The maximum atomic E-state index is 12.2. The molecule has 0 unspecified atom stereocenters. The standard InChI is InChI=1S/C11H11Cl2F3O/c12-5-1-2-9-4-3-8(7-13)6-10(9)17-11(14,15)16/h3-4,6H,1-2,5,7H2. The van der Waals surface area contributed by atoms with Crippen LogP contribution in [0.2, 0.25) is 0 Å². The van der Waals surface area contributed by atoms with Gasteiger partial charge in [-0.25, -0.2) is 0 Å². The Morgan fingerprint density at radius 1 is 1.18 bits per heavy atom. The zero-order valence-corrected chi connectivity index (χ0v) is 10.4. The number of rotatable bonds is 5. The predicted molar refractivity (Wildman–Crippen MR) is 61.7 cm³/mol. The van der Waals surface area contributed by atoms with Gasteiger partial charge < -0.3 is 4.74 Å². The van der Waals surface area contributed by atoms with E-state index in [9.17, 15) is 13.2 Å². The molecule has 0 aliphatic carbocycles. The molecule has 0 amide bonds. The highest BCUT2D eigenvalue weighted by atomic mass is 35.5. The average Bonchev–Trinajstić information content (AvgIpc) is 2.25. The largest absolute Gasteiger partial charge is 0.573 e. The van der Waals surface area contributed by atoms with Gasteiger partial charge in [-0.15, -0.1) is 36.4 Å². The summed E-state index contributed by atoms with van der Waals surface area (Å²) in [6.07, 6.45) is -3.66. The van der Waals surface area contributed by atoms with E-state index in [2.05, 4.69) is 4.74 Å². The molecule has 96 valence electrons. The molecule has 0 radical (unpaired) electrons. The lowest BCUT2D eigenvalue weighted by Crippen LogP contribution is -2.18. The van der Waals surface area contributed by atoms with Gasteiger partial charge in [0.15, 0.2) is 0 Å². The van der Waals surface area contributed by atoms with Crippen molar-refractivity contribution in [2.45, 2.75) is 25.1 Å². The molecule has 0 saturated carbocycles. The molecule has 0 N–H and O–H groups in total. The molecule has 1 aromatic rings. The predicted octanol–water partition coefficient (Wildman–Crippen LogP) is 4.50. The van der Waals surface area contributed by atoms with Crippen molar-refractivity contribution in [2.75, 3.05) is 5.88 Å². The monoisotopic (exact) mass is 286 g/mol. The van der Waals surface area contributed by atoms with E-state index in [1.54, 1.807) is 12.1 Å². The first-order chi connectivity index (χ1) is 7.96. The van der Waals surface area contributed by atoms with Gasteiger partial charge in [-0.1, -0.05) is 12.1 Å². The minimum absolute atomic E-state index is 0.143. The van der Waals surface area contributed by atoms with Gasteiger partial charge in [-0.2, -0.15) is 0 Å². The lowest BCUT2D eigenvalue weighted by Gasteiger charge is -2.14. The Labute approximate surface area is 107 Å². The van der Waals surface area contributed by atoms with Crippen LogP contribution in [0.1, 0.15) is 17.5 Å². The van der Waals surface area contributed by atoms with Gasteiger partial charge in [-0.3, -0.25) is 0 Å². The van der Waals surface area contributed by atoms with Crippen molar-refractivity contribution in [1.82, 2.24) is 0 Å². The molecule has 0 heterocycles. The summed E-state index contributed by atoms with van der Waals surface area (Å²) in [5.41, 5.74) is 1.07. The van der Waals surface area contributed by atoms with Crippen LogP contribution in [-0.2, 0) is 12.3 Å². The lowest BCUT2D eigenvalue weighted by atomic mass is 10.1. The van der Waals surface area contributed by atoms with Crippen LogP contribution in [0.25, 0.3) is 0 Å². The maximum Gasteiger partial charge on any atom is 0.573 e. The first-order valence-corrected chi connectivity index (χ1v) is 6.02. The fraction of sp³-hybridized carbons (Fsp3) is 0.455. The van der Waals surface area contributed by atoms with Gasteiger partial charge in [0.25, 0.3) is 0 Å². The van der Waals surface area contributed by atoms with Gasteiger partial charge in [-0.05, 0) is 30.0 Å². The normalized spacial score (nSPS) is 11.6. The summed E-state index contributed by atoms with van der Waals surface area (Å²) in [5.74, 6) is 0.341. The first-order valence-electron chi connectivity index (χ1n) is 4.95. The van der Waals surface area contributed by atoms with Gasteiger partial charge >= 0.3 is 6.36 Å². The number of benzene rings is 1. The molecule has 1 nitrogen and oxygen atoms in total. The highest BCUT2D eigenvalue weighted by Crippen LogP contribution is 2.29. The molecule has 1 rings (SSSR count). The quantitative estimate of drug-likeness (QED) is 0.725. The molecular weight excluding hydrogens is 276 g/mol. The number of hydrogen-bond acceptors (Lipinski definition) is 1. The van der Waals surface area contributed by atoms with E-state index in [-0.39, 0.29) is 11.6 Å². The van der Waals surface area contributed by atoms with E-state index in [1.165, 1.54) is 6.07 Å². The van der Waals surface area contributed by atoms with Crippen LogP contribution in [0.5, 0.6) is 5.75 Å². The second-order valence-electron chi connectivity index (χ2n) is 3.42. The Balaban J connectivity index is 2.94. The summed E-state index contributed by atoms with van der Waals surface area (Å²) in [7, 11) is 0. The maximum absolute atomic E-state index is 12.2. The first kappa shape index (κ1) is 14.5. The van der Waals surface area contributed by atoms with Crippen LogP contribution in [0, 0.1) is 0 Å². The minimum atomic E-state index is -4.69. The van der Waals surface area contributed by atoms with Crippen molar-refractivity contribution in [3.05, 3.63) is 29.3 Å². The molecule has 0 bridgehead atoms.